The highest BCUT2D eigenvalue weighted by molar-refractivity contribution is 7.16. The molecule has 35 heavy (non-hydrogen) atoms. The maximum absolute atomic E-state index is 13.6. The molecule has 5 rings (SSSR count). The number of fused-ring (bicyclic) bond motifs is 2. The molecule has 2 amide bonds. The number of amides is 2. The van der Waals surface area contributed by atoms with Crippen LogP contribution in [0.1, 0.15) is 79.6 Å². The first kappa shape index (κ1) is 24.6. The van der Waals surface area contributed by atoms with Crippen molar-refractivity contribution in [2.75, 3.05) is 19.6 Å². The molecule has 0 spiro atoms. The Morgan fingerprint density at radius 1 is 1.11 bits per heavy atom. The fraction of sp³-hybridized carbons (Fsp3) is 0.571. The number of thiophene rings is 1. The van der Waals surface area contributed by atoms with E-state index in [1.165, 1.54) is 11.3 Å². The Kier molecular flexibility index (Phi) is 6.64. The van der Waals surface area contributed by atoms with E-state index in [1.54, 1.807) is 4.90 Å². The van der Waals surface area contributed by atoms with Gasteiger partial charge in [0, 0.05) is 30.6 Å². The van der Waals surface area contributed by atoms with Crippen molar-refractivity contribution in [3.05, 3.63) is 56.7 Å². The van der Waals surface area contributed by atoms with Crippen LogP contribution in [0.3, 0.4) is 0 Å². The molecule has 2 aliphatic heterocycles. The summed E-state index contributed by atoms with van der Waals surface area (Å²) in [5.41, 5.74) is 2.12. The van der Waals surface area contributed by atoms with E-state index in [0.29, 0.717) is 41.6 Å². The zero-order valence-electron chi connectivity index (χ0n) is 20.9. The minimum absolute atomic E-state index is 0.0888. The molecule has 7 heteroatoms. The quantitative estimate of drug-likeness (QED) is 0.443. The number of hydrogen-bond acceptors (Lipinski definition) is 4. The molecule has 1 aliphatic carbocycles. The van der Waals surface area contributed by atoms with Crippen molar-refractivity contribution in [3.63, 3.8) is 0 Å². The summed E-state index contributed by atoms with van der Waals surface area (Å²) in [5, 5.41) is 0. The third-order valence-corrected chi connectivity index (χ3v) is 9.49. The molecular weight excluding hydrogens is 480 g/mol. The van der Waals surface area contributed by atoms with Gasteiger partial charge in [0.2, 0.25) is 0 Å². The molecule has 5 nitrogen and oxygen atoms in total. The molecule has 3 aliphatic rings. The van der Waals surface area contributed by atoms with E-state index >= 15 is 0 Å². The van der Waals surface area contributed by atoms with Crippen molar-refractivity contribution in [1.29, 1.82) is 0 Å². The van der Waals surface area contributed by atoms with Gasteiger partial charge in [0.1, 0.15) is 10.9 Å². The maximum atomic E-state index is 13.6. The van der Waals surface area contributed by atoms with E-state index < -0.39 is 0 Å². The first-order valence-corrected chi connectivity index (χ1v) is 13.9. The Labute approximate surface area is 217 Å². The van der Waals surface area contributed by atoms with E-state index in [9.17, 15) is 9.59 Å². The van der Waals surface area contributed by atoms with E-state index in [2.05, 4.69) is 25.7 Å². The van der Waals surface area contributed by atoms with Crippen molar-refractivity contribution in [2.24, 2.45) is 10.8 Å². The monoisotopic (exact) mass is 514 g/mol. The molecule has 1 aromatic heterocycles. The summed E-state index contributed by atoms with van der Waals surface area (Å²) in [6.45, 7) is 9.39. The van der Waals surface area contributed by atoms with Gasteiger partial charge in [-0.05, 0) is 60.5 Å². The fourth-order valence-electron chi connectivity index (χ4n) is 6.74. The molecular formula is C28H35ClN2O3S. The number of halogens is 1. The molecule has 2 aromatic rings. The second-order valence-electron chi connectivity index (χ2n) is 11.8. The molecule has 0 N–H and O–H groups in total. The lowest BCUT2D eigenvalue weighted by molar-refractivity contribution is 0.0708. The first-order valence-electron chi connectivity index (χ1n) is 12.7. The number of piperidine rings is 1. The van der Waals surface area contributed by atoms with Gasteiger partial charge in [-0.15, -0.1) is 11.3 Å². The highest BCUT2D eigenvalue weighted by Crippen LogP contribution is 2.53. The van der Waals surface area contributed by atoms with Crippen LogP contribution in [0.25, 0.3) is 0 Å². The zero-order valence-corrected chi connectivity index (χ0v) is 22.5. The second-order valence-corrected chi connectivity index (χ2v) is 13.5. The Morgan fingerprint density at radius 3 is 2.54 bits per heavy atom. The Balaban J connectivity index is 1.19. The van der Waals surface area contributed by atoms with E-state index in [0.717, 1.165) is 49.1 Å². The normalized spacial score (nSPS) is 26.1. The molecule has 1 aromatic carbocycles. The van der Waals surface area contributed by atoms with E-state index in [4.69, 9.17) is 16.3 Å². The summed E-state index contributed by atoms with van der Waals surface area (Å²) in [6.07, 6.45) is 4.75. The largest absolute Gasteiger partial charge is 0.445 e. The predicted molar refractivity (Wildman–Crippen MR) is 140 cm³/mol. The lowest BCUT2D eigenvalue weighted by Crippen LogP contribution is -2.38. The minimum Gasteiger partial charge on any atom is -0.445 e. The summed E-state index contributed by atoms with van der Waals surface area (Å²) < 4.78 is 6.09. The molecule has 2 atom stereocenters. The van der Waals surface area contributed by atoms with Gasteiger partial charge in [-0.2, -0.15) is 0 Å². The summed E-state index contributed by atoms with van der Waals surface area (Å²) in [5.74, 6) is 0.400. The van der Waals surface area contributed by atoms with Crippen molar-refractivity contribution < 1.29 is 14.3 Å². The molecule has 2 unspecified atom stereocenters. The SMILES string of the molecule is CC1(C)CC2CC(C)(CN2C(=O)c2cc(C3CCN(C(=O)OCc4ccccc4)CC3)sc2Cl)C1. The summed E-state index contributed by atoms with van der Waals surface area (Å²) >= 11 is 8.17. The zero-order chi connectivity index (χ0) is 24.8. The number of ether oxygens (including phenoxy) is 1. The predicted octanol–water partition coefficient (Wildman–Crippen LogP) is 6.96. The minimum atomic E-state index is -0.260. The standard InChI is InChI=1S/C28H35ClN2O3S/c1-27(2)14-21-15-28(3,17-27)18-31(21)25(32)22-13-23(35-24(22)29)20-9-11-30(12-10-20)26(33)34-16-19-7-5-4-6-8-19/h4-8,13,20-21H,9-12,14-18H2,1-3H3. The number of likely N-dealkylation sites (tertiary alicyclic amines) is 2. The molecule has 3 fully saturated rings. The van der Waals surface area contributed by atoms with Gasteiger partial charge in [-0.3, -0.25) is 4.79 Å². The lowest BCUT2D eigenvalue weighted by atomic mass is 9.65. The molecule has 3 heterocycles. The summed E-state index contributed by atoms with van der Waals surface area (Å²) in [6, 6.07) is 12.1. The Morgan fingerprint density at radius 2 is 1.83 bits per heavy atom. The van der Waals surface area contributed by atoms with E-state index in [1.807, 2.05) is 36.4 Å². The number of carbonyl (C=O) groups is 2. The lowest BCUT2D eigenvalue weighted by Gasteiger charge is -2.39. The van der Waals surface area contributed by atoms with Crippen LogP contribution < -0.4 is 0 Å². The topological polar surface area (TPSA) is 49.9 Å². The average molecular weight is 515 g/mol. The van der Waals surface area contributed by atoms with Crippen LogP contribution in [-0.4, -0.2) is 47.5 Å². The number of benzene rings is 1. The third-order valence-electron chi connectivity index (χ3n) is 7.97. The van der Waals surface area contributed by atoms with Crippen LogP contribution in [0.4, 0.5) is 4.79 Å². The van der Waals surface area contributed by atoms with Crippen LogP contribution in [-0.2, 0) is 11.3 Å². The van der Waals surface area contributed by atoms with Crippen molar-refractivity contribution in [2.45, 2.75) is 71.4 Å². The van der Waals surface area contributed by atoms with Gasteiger partial charge >= 0.3 is 6.09 Å². The van der Waals surface area contributed by atoms with E-state index in [-0.39, 0.29) is 22.8 Å². The molecule has 2 bridgehead atoms. The van der Waals surface area contributed by atoms with Crippen molar-refractivity contribution in [3.8, 4) is 0 Å². The first-order chi connectivity index (χ1) is 16.6. The Bertz CT molecular complexity index is 1090. The van der Waals surface area contributed by atoms with Crippen molar-refractivity contribution >= 4 is 34.9 Å². The molecule has 188 valence electrons. The van der Waals surface area contributed by atoms with Crippen LogP contribution in [0.2, 0.25) is 4.34 Å². The molecule has 1 saturated carbocycles. The van der Waals surface area contributed by atoms with Crippen LogP contribution in [0.15, 0.2) is 36.4 Å². The number of carbonyl (C=O) groups excluding carboxylic acids is 2. The molecule has 2 saturated heterocycles. The van der Waals surface area contributed by atoms with Gasteiger partial charge in [0.15, 0.2) is 0 Å². The summed E-state index contributed by atoms with van der Waals surface area (Å²) in [4.78, 5) is 31.1. The summed E-state index contributed by atoms with van der Waals surface area (Å²) in [7, 11) is 0. The average Bonchev–Trinajstić information content (AvgIpc) is 3.33. The Hall–Kier alpha value is -2.05. The van der Waals surface area contributed by atoms with Crippen LogP contribution in [0, 0.1) is 10.8 Å². The van der Waals surface area contributed by atoms with Crippen LogP contribution >= 0.6 is 22.9 Å². The molecule has 0 radical (unpaired) electrons. The van der Waals surface area contributed by atoms with Crippen molar-refractivity contribution in [1.82, 2.24) is 9.80 Å². The second kappa shape index (κ2) is 9.44. The maximum Gasteiger partial charge on any atom is 0.410 e. The van der Waals surface area contributed by atoms with Gasteiger partial charge in [0.05, 0.1) is 5.56 Å². The van der Waals surface area contributed by atoms with Gasteiger partial charge in [0.25, 0.3) is 5.91 Å². The van der Waals surface area contributed by atoms with Gasteiger partial charge in [-0.25, -0.2) is 4.79 Å². The van der Waals surface area contributed by atoms with Gasteiger partial charge in [-0.1, -0.05) is 62.7 Å². The van der Waals surface area contributed by atoms with Crippen LogP contribution in [0.5, 0.6) is 0 Å². The highest BCUT2D eigenvalue weighted by atomic mass is 35.5. The smallest absolute Gasteiger partial charge is 0.410 e. The number of rotatable bonds is 4. The highest BCUT2D eigenvalue weighted by Gasteiger charge is 2.51. The number of hydrogen-bond donors (Lipinski definition) is 0. The van der Waals surface area contributed by atoms with Gasteiger partial charge < -0.3 is 14.5 Å². The fourth-order valence-corrected chi connectivity index (χ4v) is 8.19. The third kappa shape index (κ3) is 5.24. The number of nitrogens with zero attached hydrogens (tertiary/aromatic N) is 2.